The summed E-state index contributed by atoms with van der Waals surface area (Å²) >= 11 is 2.81. The first kappa shape index (κ1) is 18.7. The number of thioether (sulfide) groups is 1. The molecule has 4 nitrogen and oxygen atoms in total. The smallest absolute Gasteiger partial charge is 0.211 e. The van der Waals surface area contributed by atoms with Crippen LogP contribution in [0, 0.1) is 6.92 Å². The lowest BCUT2D eigenvalue weighted by Gasteiger charge is -2.25. The van der Waals surface area contributed by atoms with E-state index in [9.17, 15) is 9.90 Å². The molecule has 0 bridgehead atoms. The largest absolute Gasteiger partial charge is 0.507 e. The number of ketones is 1. The van der Waals surface area contributed by atoms with Gasteiger partial charge in [-0.3, -0.25) is 4.79 Å². The standard InChI is InChI=1S/C22H19NO3S2/c1-3-26-14-7-8-16-19(12-14)28-22(21(25)18-5-4-10-27-18)20(23-16)15-11-13(2)6-9-17(15)24/h4-12,23-24H,3H2,1-2H3. The Kier molecular flexibility index (Phi) is 5.15. The minimum absolute atomic E-state index is 0.0594. The van der Waals surface area contributed by atoms with E-state index in [1.807, 2.05) is 61.7 Å². The molecule has 0 radical (unpaired) electrons. The first-order valence-corrected chi connectivity index (χ1v) is 10.6. The Labute approximate surface area is 171 Å². The number of phenolic OH excluding ortho intramolecular Hbond substituents is 1. The highest BCUT2D eigenvalue weighted by Crippen LogP contribution is 2.46. The van der Waals surface area contributed by atoms with E-state index in [1.54, 1.807) is 6.07 Å². The second kappa shape index (κ2) is 7.73. The number of nitrogens with one attached hydrogen (secondary N) is 1. The molecule has 0 amide bonds. The molecular formula is C22H19NO3S2. The van der Waals surface area contributed by atoms with E-state index in [1.165, 1.54) is 23.1 Å². The summed E-state index contributed by atoms with van der Waals surface area (Å²) in [5, 5.41) is 15.7. The molecule has 6 heteroatoms. The van der Waals surface area contributed by atoms with Crippen molar-refractivity contribution in [3.05, 3.63) is 74.8 Å². The molecule has 3 aromatic rings. The van der Waals surface area contributed by atoms with Crippen LogP contribution in [0.15, 0.2) is 63.7 Å². The van der Waals surface area contributed by atoms with E-state index in [0.717, 1.165) is 21.9 Å². The van der Waals surface area contributed by atoms with Crippen LogP contribution in [0.1, 0.15) is 27.7 Å². The van der Waals surface area contributed by atoms with Gasteiger partial charge in [-0.2, -0.15) is 0 Å². The average molecular weight is 410 g/mol. The van der Waals surface area contributed by atoms with Gasteiger partial charge in [0.05, 0.1) is 27.8 Å². The highest BCUT2D eigenvalue weighted by atomic mass is 32.2. The van der Waals surface area contributed by atoms with E-state index >= 15 is 0 Å². The zero-order chi connectivity index (χ0) is 19.7. The number of thiophene rings is 1. The summed E-state index contributed by atoms with van der Waals surface area (Å²) in [6, 6.07) is 14.8. The molecule has 28 heavy (non-hydrogen) atoms. The summed E-state index contributed by atoms with van der Waals surface area (Å²) in [6.07, 6.45) is 0. The van der Waals surface area contributed by atoms with Crippen LogP contribution in [0.4, 0.5) is 5.69 Å². The van der Waals surface area contributed by atoms with Gasteiger partial charge in [0.15, 0.2) is 0 Å². The lowest BCUT2D eigenvalue weighted by molar-refractivity contribution is 0.104. The molecular weight excluding hydrogens is 390 g/mol. The Morgan fingerprint density at radius 1 is 1.18 bits per heavy atom. The molecule has 1 aliphatic rings. The Hall–Kier alpha value is -2.70. The maximum Gasteiger partial charge on any atom is 0.211 e. The van der Waals surface area contributed by atoms with Gasteiger partial charge in [-0.1, -0.05) is 29.5 Å². The summed E-state index contributed by atoms with van der Waals surface area (Å²) in [5.41, 5.74) is 3.13. The first-order valence-electron chi connectivity index (χ1n) is 8.91. The van der Waals surface area contributed by atoms with Crippen LogP contribution in [0.2, 0.25) is 0 Å². The number of rotatable bonds is 5. The monoisotopic (exact) mass is 409 g/mol. The minimum atomic E-state index is -0.0594. The minimum Gasteiger partial charge on any atom is -0.507 e. The van der Waals surface area contributed by atoms with Gasteiger partial charge in [-0.25, -0.2) is 0 Å². The quantitative estimate of drug-likeness (QED) is 0.512. The van der Waals surface area contributed by atoms with Crippen molar-refractivity contribution < 1.29 is 14.6 Å². The molecule has 2 aromatic carbocycles. The lowest BCUT2D eigenvalue weighted by Crippen LogP contribution is -2.13. The summed E-state index contributed by atoms with van der Waals surface area (Å²) in [4.78, 5) is 15.4. The number of allylic oxidation sites excluding steroid dienone is 1. The number of hydrogen-bond donors (Lipinski definition) is 2. The third-order valence-corrected chi connectivity index (χ3v) is 6.36. The molecule has 1 aliphatic heterocycles. The molecule has 0 atom stereocenters. The number of Topliss-reactive ketones (excluding diaryl/α,β-unsaturated/α-hetero) is 1. The fourth-order valence-corrected chi connectivity index (χ4v) is 4.84. The maximum atomic E-state index is 13.2. The molecule has 0 aliphatic carbocycles. The van der Waals surface area contributed by atoms with Crippen molar-refractivity contribution in [2.24, 2.45) is 0 Å². The highest BCUT2D eigenvalue weighted by Gasteiger charge is 2.28. The van der Waals surface area contributed by atoms with Gasteiger partial charge in [0.2, 0.25) is 5.78 Å². The molecule has 0 spiro atoms. The van der Waals surface area contributed by atoms with Crippen LogP contribution in [0.25, 0.3) is 5.70 Å². The fraction of sp³-hybridized carbons (Fsp3) is 0.136. The number of anilines is 1. The van der Waals surface area contributed by atoms with Crippen LogP contribution >= 0.6 is 23.1 Å². The van der Waals surface area contributed by atoms with Crippen molar-refractivity contribution >= 4 is 40.3 Å². The fourth-order valence-electron chi connectivity index (χ4n) is 3.02. The number of benzene rings is 2. The molecule has 1 aromatic heterocycles. The zero-order valence-electron chi connectivity index (χ0n) is 15.5. The van der Waals surface area contributed by atoms with Gasteiger partial charge in [-0.05, 0) is 55.6 Å². The van der Waals surface area contributed by atoms with Gasteiger partial charge in [0, 0.05) is 10.5 Å². The third kappa shape index (κ3) is 3.53. The Morgan fingerprint density at radius 3 is 2.79 bits per heavy atom. The van der Waals surface area contributed by atoms with Crippen LogP contribution in [0.5, 0.6) is 11.5 Å². The van der Waals surface area contributed by atoms with Crippen molar-refractivity contribution in [1.82, 2.24) is 0 Å². The number of aromatic hydroxyl groups is 1. The summed E-state index contributed by atoms with van der Waals surface area (Å²) < 4.78 is 5.61. The third-order valence-electron chi connectivity index (χ3n) is 4.34. The Morgan fingerprint density at radius 2 is 2.04 bits per heavy atom. The second-order valence-corrected chi connectivity index (χ2v) is 8.35. The van der Waals surface area contributed by atoms with E-state index in [0.29, 0.717) is 27.6 Å². The van der Waals surface area contributed by atoms with E-state index < -0.39 is 0 Å². The van der Waals surface area contributed by atoms with Gasteiger partial charge in [0.1, 0.15) is 11.5 Å². The summed E-state index contributed by atoms with van der Waals surface area (Å²) in [5.74, 6) is 0.843. The molecule has 2 N–H and O–H groups in total. The van der Waals surface area contributed by atoms with Crippen molar-refractivity contribution in [2.75, 3.05) is 11.9 Å². The average Bonchev–Trinajstić information content (AvgIpc) is 3.23. The van der Waals surface area contributed by atoms with E-state index in [4.69, 9.17) is 4.74 Å². The SMILES string of the molecule is CCOc1ccc2c(c1)SC(C(=O)c1cccs1)=C(c1cc(C)ccc1O)N2. The van der Waals surface area contributed by atoms with Crippen LogP contribution < -0.4 is 10.1 Å². The normalized spacial score (nSPS) is 13.1. The van der Waals surface area contributed by atoms with Gasteiger partial charge < -0.3 is 15.2 Å². The molecule has 0 saturated heterocycles. The molecule has 142 valence electrons. The zero-order valence-corrected chi connectivity index (χ0v) is 17.1. The summed E-state index contributed by atoms with van der Waals surface area (Å²) in [6.45, 7) is 4.48. The Bertz CT molecular complexity index is 1070. The highest BCUT2D eigenvalue weighted by molar-refractivity contribution is 8.04. The number of aryl methyl sites for hydroxylation is 1. The van der Waals surface area contributed by atoms with Crippen molar-refractivity contribution in [3.8, 4) is 11.5 Å². The molecule has 0 fully saturated rings. The maximum absolute atomic E-state index is 13.2. The first-order chi connectivity index (χ1) is 13.6. The predicted molar refractivity (Wildman–Crippen MR) is 116 cm³/mol. The molecule has 0 unspecified atom stereocenters. The van der Waals surface area contributed by atoms with Crippen molar-refractivity contribution in [1.29, 1.82) is 0 Å². The predicted octanol–water partition coefficient (Wildman–Crippen LogP) is 5.93. The van der Waals surface area contributed by atoms with Gasteiger partial charge >= 0.3 is 0 Å². The number of carbonyl (C=O) groups is 1. The topological polar surface area (TPSA) is 58.6 Å². The number of phenols is 1. The second-order valence-electron chi connectivity index (χ2n) is 6.35. The summed E-state index contributed by atoms with van der Waals surface area (Å²) in [7, 11) is 0. The van der Waals surface area contributed by atoms with Crippen molar-refractivity contribution in [3.63, 3.8) is 0 Å². The number of hydrogen-bond acceptors (Lipinski definition) is 6. The van der Waals surface area contributed by atoms with E-state index in [-0.39, 0.29) is 11.5 Å². The molecule has 0 saturated carbocycles. The van der Waals surface area contributed by atoms with Crippen LogP contribution in [-0.2, 0) is 0 Å². The van der Waals surface area contributed by atoms with Gasteiger partial charge in [-0.15, -0.1) is 11.3 Å². The number of ether oxygens (including phenoxy) is 1. The van der Waals surface area contributed by atoms with Gasteiger partial charge in [0.25, 0.3) is 0 Å². The molecule has 4 rings (SSSR count). The number of fused-ring (bicyclic) bond motifs is 1. The van der Waals surface area contributed by atoms with E-state index in [2.05, 4.69) is 5.32 Å². The van der Waals surface area contributed by atoms with Crippen molar-refractivity contribution in [2.45, 2.75) is 18.7 Å². The van der Waals surface area contributed by atoms with Crippen LogP contribution in [0.3, 0.4) is 0 Å². The Balaban J connectivity index is 1.85. The lowest BCUT2D eigenvalue weighted by atomic mass is 10.0. The van der Waals surface area contributed by atoms with Crippen LogP contribution in [-0.4, -0.2) is 17.5 Å². The number of carbonyl (C=O) groups excluding carboxylic acids is 1. The molecule has 2 heterocycles.